The maximum Gasteiger partial charge on any atom is 0.306 e. The lowest BCUT2D eigenvalue weighted by Gasteiger charge is -2.18. The summed E-state index contributed by atoms with van der Waals surface area (Å²) in [5, 5.41) is 0. The fraction of sp³-hybridized carbons (Fsp3) is 0.766. The van der Waals surface area contributed by atoms with E-state index in [1.54, 1.807) is 0 Å². The van der Waals surface area contributed by atoms with Gasteiger partial charge in [-0.05, 0) is 109 Å². The Morgan fingerprint density at radius 2 is 0.543 bits per heavy atom. The first-order valence-corrected chi connectivity index (χ1v) is 29.9. The Labute approximate surface area is 433 Å². The van der Waals surface area contributed by atoms with E-state index in [1.807, 2.05) is 0 Å². The van der Waals surface area contributed by atoms with E-state index in [4.69, 9.17) is 14.2 Å². The lowest BCUT2D eigenvalue weighted by atomic mass is 10.1. The summed E-state index contributed by atoms with van der Waals surface area (Å²) in [6, 6.07) is 0. The summed E-state index contributed by atoms with van der Waals surface area (Å²) in [6.07, 6.45) is 74.7. The van der Waals surface area contributed by atoms with Crippen LogP contribution in [0.15, 0.2) is 72.9 Å². The van der Waals surface area contributed by atoms with Crippen LogP contribution in [0.4, 0.5) is 0 Å². The molecule has 70 heavy (non-hydrogen) atoms. The predicted molar refractivity (Wildman–Crippen MR) is 302 cm³/mol. The molecule has 0 rings (SSSR count). The Kier molecular flexibility index (Phi) is 55.8. The highest BCUT2D eigenvalue weighted by Gasteiger charge is 2.19. The summed E-state index contributed by atoms with van der Waals surface area (Å²) in [7, 11) is 0. The van der Waals surface area contributed by atoms with Gasteiger partial charge in [-0.2, -0.15) is 0 Å². The van der Waals surface area contributed by atoms with Crippen LogP contribution < -0.4 is 0 Å². The van der Waals surface area contributed by atoms with Gasteiger partial charge >= 0.3 is 17.9 Å². The van der Waals surface area contributed by atoms with E-state index >= 15 is 0 Å². The Bertz CT molecular complexity index is 1310. The standard InChI is InChI=1S/C64H112O6/c1-4-7-10-13-16-19-22-24-26-28-29-30-31-32-33-34-35-37-38-40-42-45-48-51-54-57-63(66)69-60-61(59-68-62(65)56-53-50-47-44-21-18-15-12-9-6-3)70-64(67)58-55-52-49-46-43-41-39-36-27-25-23-20-17-14-11-8-5-2/h12,15,17,20,22,24-25,27-29,31-32,61H,4-11,13-14,16,18-19,21,23,26,30,33-60H2,1-3H3/b15-12-,20-17-,24-22-,27-25-,29-28-,32-31-. The number of hydrogen-bond acceptors (Lipinski definition) is 6. The molecule has 0 radical (unpaired) electrons. The minimum absolute atomic E-state index is 0.0828. The first-order chi connectivity index (χ1) is 34.5. The van der Waals surface area contributed by atoms with Crippen molar-refractivity contribution in [2.24, 2.45) is 0 Å². The third kappa shape index (κ3) is 55.8. The van der Waals surface area contributed by atoms with Crippen molar-refractivity contribution in [1.29, 1.82) is 0 Å². The molecule has 0 N–H and O–H groups in total. The average molecular weight is 978 g/mol. The Balaban J connectivity index is 4.26. The molecule has 1 unspecified atom stereocenters. The fourth-order valence-electron chi connectivity index (χ4n) is 8.36. The summed E-state index contributed by atoms with van der Waals surface area (Å²) in [5.74, 6) is -0.897. The lowest BCUT2D eigenvalue weighted by Crippen LogP contribution is -2.30. The average Bonchev–Trinajstić information content (AvgIpc) is 3.36. The molecule has 6 heteroatoms. The number of allylic oxidation sites excluding steroid dienone is 12. The quantitative estimate of drug-likeness (QED) is 0.0261. The number of unbranched alkanes of at least 4 members (excludes halogenated alkanes) is 31. The van der Waals surface area contributed by atoms with Crippen molar-refractivity contribution in [3.63, 3.8) is 0 Å². The summed E-state index contributed by atoms with van der Waals surface area (Å²) in [5.41, 5.74) is 0. The third-order valence-corrected chi connectivity index (χ3v) is 12.9. The van der Waals surface area contributed by atoms with Gasteiger partial charge in [0.25, 0.3) is 0 Å². The van der Waals surface area contributed by atoms with Crippen LogP contribution in [0.2, 0.25) is 0 Å². The predicted octanol–water partition coefficient (Wildman–Crippen LogP) is 20.2. The Hall–Kier alpha value is -3.15. The van der Waals surface area contributed by atoms with E-state index in [0.717, 1.165) is 96.3 Å². The van der Waals surface area contributed by atoms with Crippen LogP contribution in [0.1, 0.15) is 297 Å². The van der Waals surface area contributed by atoms with Crippen LogP contribution in [0.3, 0.4) is 0 Å². The third-order valence-electron chi connectivity index (χ3n) is 12.9. The van der Waals surface area contributed by atoms with Gasteiger partial charge in [-0.3, -0.25) is 14.4 Å². The first kappa shape index (κ1) is 66.9. The second-order valence-electron chi connectivity index (χ2n) is 19.9. The maximum absolute atomic E-state index is 12.8. The summed E-state index contributed by atoms with van der Waals surface area (Å²) < 4.78 is 16.8. The van der Waals surface area contributed by atoms with E-state index in [1.165, 1.54) is 161 Å². The highest BCUT2D eigenvalue weighted by atomic mass is 16.6. The highest BCUT2D eigenvalue weighted by molar-refractivity contribution is 5.71. The van der Waals surface area contributed by atoms with Crippen molar-refractivity contribution in [3.05, 3.63) is 72.9 Å². The molecular formula is C64H112O6. The molecule has 0 saturated carbocycles. The van der Waals surface area contributed by atoms with Crippen LogP contribution in [-0.4, -0.2) is 37.2 Å². The molecule has 0 aromatic heterocycles. The van der Waals surface area contributed by atoms with Gasteiger partial charge in [0, 0.05) is 19.3 Å². The van der Waals surface area contributed by atoms with Crippen LogP contribution in [-0.2, 0) is 28.6 Å². The van der Waals surface area contributed by atoms with Crippen LogP contribution in [0.25, 0.3) is 0 Å². The number of ether oxygens (including phenoxy) is 3. The zero-order chi connectivity index (χ0) is 50.7. The van der Waals surface area contributed by atoms with Gasteiger partial charge in [0.1, 0.15) is 13.2 Å². The minimum atomic E-state index is -0.784. The van der Waals surface area contributed by atoms with Crippen molar-refractivity contribution in [2.75, 3.05) is 13.2 Å². The number of rotatable bonds is 54. The van der Waals surface area contributed by atoms with Crippen LogP contribution in [0.5, 0.6) is 0 Å². The van der Waals surface area contributed by atoms with Crippen molar-refractivity contribution in [3.8, 4) is 0 Å². The fourth-order valence-corrected chi connectivity index (χ4v) is 8.36. The Morgan fingerprint density at radius 3 is 0.900 bits per heavy atom. The smallest absolute Gasteiger partial charge is 0.306 e. The lowest BCUT2D eigenvalue weighted by molar-refractivity contribution is -0.167. The summed E-state index contributed by atoms with van der Waals surface area (Å²) in [4.78, 5) is 38.1. The molecule has 0 aromatic rings. The van der Waals surface area contributed by atoms with Crippen LogP contribution >= 0.6 is 0 Å². The van der Waals surface area contributed by atoms with Gasteiger partial charge < -0.3 is 14.2 Å². The van der Waals surface area contributed by atoms with Crippen molar-refractivity contribution in [2.45, 2.75) is 303 Å². The van der Waals surface area contributed by atoms with Gasteiger partial charge in [-0.1, -0.05) is 241 Å². The number of esters is 3. The molecule has 0 aliphatic carbocycles. The number of hydrogen-bond donors (Lipinski definition) is 0. The number of carbonyl (C=O) groups is 3. The second-order valence-corrected chi connectivity index (χ2v) is 19.9. The first-order valence-electron chi connectivity index (χ1n) is 29.9. The van der Waals surface area contributed by atoms with Crippen molar-refractivity contribution >= 4 is 17.9 Å². The van der Waals surface area contributed by atoms with Crippen molar-refractivity contribution < 1.29 is 28.6 Å². The molecule has 0 heterocycles. The SMILES string of the molecule is CCC/C=C\CCCCCCCC(=O)OCC(COC(=O)CCCCCCCCCCCC/C=C\C/C=C\C/C=C\CCCCCCC)OC(=O)CCCCCCCCC/C=C\C/C=C\CCCCC. The molecular weight excluding hydrogens is 865 g/mol. The van der Waals surface area contributed by atoms with E-state index in [0.29, 0.717) is 19.3 Å². The minimum Gasteiger partial charge on any atom is -0.462 e. The molecule has 0 fully saturated rings. The maximum atomic E-state index is 12.8. The van der Waals surface area contributed by atoms with Gasteiger partial charge in [-0.15, -0.1) is 0 Å². The summed E-state index contributed by atoms with van der Waals surface area (Å²) in [6.45, 7) is 6.54. The molecule has 0 amide bonds. The molecule has 0 bridgehead atoms. The van der Waals surface area contributed by atoms with Gasteiger partial charge in [0.05, 0.1) is 0 Å². The normalized spacial score (nSPS) is 12.6. The molecule has 0 saturated heterocycles. The second kappa shape index (κ2) is 58.4. The molecule has 0 spiro atoms. The topological polar surface area (TPSA) is 78.9 Å². The van der Waals surface area contributed by atoms with E-state index in [9.17, 15) is 14.4 Å². The van der Waals surface area contributed by atoms with Gasteiger partial charge in [-0.25, -0.2) is 0 Å². The molecule has 404 valence electrons. The highest BCUT2D eigenvalue weighted by Crippen LogP contribution is 2.15. The molecule has 6 nitrogen and oxygen atoms in total. The van der Waals surface area contributed by atoms with Gasteiger partial charge in [0.15, 0.2) is 6.10 Å². The molecule has 0 aliphatic rings. The Morgan fingerprint density at radius 1 is 0.286 bits per heavy atom. The zero-order valence-corrected chi connectivity index (χ0v) is 46.3. The van der Waals surface area contributed by atoms with Crippen molar-refractivity contribution in [1.82, 2.24) is 0 Å². The number of carbonyl (C=O) groups excluding carboxylic acids is 3. The monoisotopic (exact) mass is 977 g/mol. The van der Waals surface area contributed by atoms with Gasteiger partial charge in [0.2, 0.25) is 0 Å². The summed E-state index contributed by atoms with van der Waals surface area (Å²) >= 11 is 0. The van der Waals surface area contributed by atoms with Crippen LogP contribution in [0, 0.1) is 0 Å². The van der Waals surface area contributed by atoms with E-state index in [-0.39, 0.29) is 31.1 Å². The molecule has 1 atom stereocenters. The molecule has 0 aliphatic heterocycles. The van der Waals surface area contributed by atoms with E-state index < -0.39 is 6.10 Å². The van der Waals surface area contributed by atoms with E-state index in [2.05, 4.69) is 93.7 Å². The zero-order valence-electron chi connectivity index (χ0n) is 46.3. The molecule has 0 aromatic carbocycles. The largest absolute Gasteiger partial charge is 0.462 e.